The first-order valence-corrected chi connectivity index (χ1v) is 8.67. The zero-order valence-electron chi connectivity index (χ0n) is 15.6. The number of aromatic nitrogens is 1. The van der Waals surface area contributed by atoms with E-state index in [1.54, 1.807) is 6.20 Å². The minimum absolute atomic E-state index is 0.0462. The van der Waals surface area contributed by atoms with Gasteiger partial charge in [-0.25, -0.2) is 0 Å². The van der Waals surface area contributed by atoms with E-state index >= 15 is 0 Å². The lowest BCUT2D eigenvalue weighted by molar-refractivity contribution is 0.0684. The Morgan fingerprint density at radius 1 is 1.16 bits per heavy atom. The maximum atomic E-state index is 13.0. The Bertz CT molecular complexity index is 670. The Morgan fingerprint density at radius 3 is 2.52 bits per heavy atom. The Hall–Kier alpha value is -2.40. The molecule has 0 aliphatic rings. The average molecular weight is 340 g/mol. The first-order chi connectivity index (χ1) is 12.0. The molecule has 134 valence electrons. The summed E-state index contributed by atoms with van der Waals surface area (Å²) in [5.41, 5.74) is 2.51. The van der Waals surface area contributed by atoms with Crippen molar-refractivity contribution in [2.75, 3.05) is 32.5 Å². The van der Waals surface area contributed by atoms with Crippen molar-refractivity contribution in [3.63, 3.8) is 0 Å². The van der Waals surface area contributed by atoms with E-state index in [1.807, 2.05) is 75.3 Å². The van der Waals surface area contributed by atoms with Gasteiger partial charge in [-0.15, -0.1) is 0 Å². The lowest BCUT2D eigenvalue weighted by Crippen LogP contribution is -2.36. The van der Waals surface area contributed by atoms with Crippen LogP contribution in [-0.2, 0) is 6.54 Å². The van der Waals surface area contributed by atoms with Gasteiger partial charge in [0, 0.05) is 37.6 Å². The Balaban J connectivity index is 2.10. The highest BCUT2D eigenvalue weighted by Gasteiger charge is 2.20. The summed E-state index contributed by atoms with van der Waals surface area (Å²) in [6.45, 7) is 6.39. The number of rotatable bonds is 8. The van der Waals surface area contributed by atoms with Gasteiger partial charge in [0.25, 0.3) is 5.91 Å². The van der Waals surface area contributed by atoms with Crippen LogP contribution in [-0.4, -0.2) is 53.9 Å². The maximum absolute atomic E-state index is 13.0. The van der Waals surface area contributed by atoms with Gasteiger partial charge in [0.1, 0.15) is 5.69 Å². The summed E-state index contributed by atoms with van der Waals surface area (Å²) in [5.74, 6) is -0.0462. The molecule has 25 heavy (non-hydrogen) atoms. The third-order valence-corrected chi connectivity index (χ3v) is 3.95. The predicted octanol–water partition coefficient (Wildman–Crippen LogP) is 3.11. The molecule has 0 aliphatic carbocycles. The molecule has 0 fully saturated rings. The van der Waals surface area contributed by atoms with Crippen LogP contribution in [0.25, 0.3) is 0 Å². The Labute approximate surface area is 150 Å². The van der Waals surface area contributed by atoms with Crippen LogP contribution in [0.5, 0.6) is 0 Å². The first kappa shape index (κ1) is 18.9. The quantitative estimate of drug-likeness (QED) is 0.802. The van der Waals surface area contributed by atoms with Gasteiger partial charge >= 0.3 is 0 Å². The number of amides is 1. The Morgan fingerprint density at radius 2 is 1.88 bits per heavy atom. The average Bonchev–Trinajstić information content (AvgIpc) is 2.60. The van der Waals surface area contributed by atoms with Crippen molar-refractivity contribution in [1.29, 1.82) is 0 Å². The van der Waals surface area contributed by atoms with Crippen LogP contribution in [0.3, 0.4) is 0 Å². The van der Waals surface area contributed by atoms with Gasteiger partial charge in [-0.2, -0.15) is 0 Å². The van der Waals surface area contributed by atoms with Gasteiger partial charge in [0.05, 0.1) is 0 Å². The molecule has 0 saturated carbocycles. The molecular formula is C20H28N4O. The van der Waals surface area contributed by atoms with Gasteiger partial charge in [-0.3, -0.25) is 9.78 Å². The number of pyridine rings is 1. The van der Waals surface area contributed by atoms with Crippen LogP contribution in [0.15, 0.2) is 48.7 Å². The van der Waals surface area contributed by atoms with E-state index in [1.165, 1.54) is 0 Å². The molecule has 0 radical (unpaired) electrons. The second-order valence-electron chi connectivity index (χ2n) is 6.67. The number of carbonyl (C=O) groups is 1. The number of carbonyl (C=O) groups excluding carboxylic acids is 1. The molecule has 0 atom stereocenters. The second-order valence-corrected chi connectivity index (χ2v) is 6.67. The molecule has 0 aliphatic heterocycles. The second kappa shape index (κ2) is 9.18. The SMILES string of the molecule is CC(C)N(Cc1ccccc1)C(=O)c1cc(NCCN(C)C)ccn1. The van der Waals surface area contributed by atoms with Crippen molar-refractivity contribution in [2.45, 2.75) is 26.4 Å². The zero-order chi connectivity index (χ0) is 18.2. The highest BCUT2D eigenvalue weighted by Crippen LogP contribution is 2.15. The summed E-state index contributed by atoms with van der Waals surface area (Å²) in [4.78, 5) is 21.2. The minimum Gasteiger partial charge on any atom is -0.384 e. The topological polar surface area (TPSA) is 48.5 Å². The van der Waals surface area contributed by atoms with Crippen molar-refractivity contribution >= 4 is 11.6 Å². The molecular weight excluding hydrogens is 312 g/mol. The molecule has 0 bridgehead atoms. The third kappa shape index (κ3) is 5.87. The number of nitrogens with zero attached hydrogens (tertiary/aromatic N) is 3. The van der Waals surface area contributed by atoms with Crippen LogP contribution < -0.4 is 5.32 Å². The molecule has 1 aromatic heterocycles. The molecule has 1 amide bonds. The maximum Gasteiger partial charge on any atom is 0.273 e. The van der Waals surface area contributed by atoms with E-state index in [2.05, 4.69) is 15.2 Å². The van der Waals surface area contributed by atoms with Crippen molar-refractivity contribution in [2.24, 2.45) is 0 Å². The van der Waals surface area contributed by atoms with Crippen LogP contribution in [0.4, 0.5) is 5.69 Å². The number of anilines is 1. The molecule has 2 rings (SSSR count). The fourth-order valence-corrected chi connectivity index (χ4v) is 2.50. The van der Waals surface area contributed by atoms with E-state index in [9.17, 15) is 4.79 Å². The molecule has 5 nitrogen and oxygen atoms in total. The molecule has 0 spiro atoms. The van der Waals surface area contributed by atoms with Crippen molar-refractivity contribution in [3.05, 3.63) is 59.9 Å². The number of likely N-dealkylation sites (N-methyl/N-ethyl adjacent to an activating group) is 1. The van der Waals surface area contributed by atoms with Crippen LogP contribution in [0, 0.1) is 0 Å². The lowest BCUT2D eigenvalue weighted by Gasteiger charge is -2.26. The van der Waals surface area contributed by atoms with Gasteiger partial charge in [0.2, 0.25) is 0 Å². The highest BCUT2D eigenvalue weighted by molar-refractivity contribution is 5.93. The fraction of sp³-hybridized carbons (Fsp3) is 0.400. The molecule has 1 N–H and O–H groups in total. The normalized spacial score (nSPS) is 11.0. The summed E-state index contributed by atoms with van der Waals surface area (Å²) >= 11 is 0. The van der Waals surface area contributed by atoms with Crippen molar-refractivity contribution in [1.82, 2.24) is 14.8 Å². The number of benzene rings is 1. The fourth-order valence-electron chi connectivity index (χ4n) is 2.50. The highest BCUT2D eigenvalue weighted by atomic mass is 16.2. The lowest BCUT2D eigenvalue weighted by atomic mass is 10.1. The van der Waals surface area contributed by atoms with Crippen molar-refractivity contribution < 1.29 is 4.79 Å². The summed E-state index contributed by atoms with van der Waals surface area (Å²) in [6, 6.07) is 13.9. The molecule has 2 aromatic rings. The van der Waals surface area contributed by atoms with Gasteiger partial charge < -0.3 is 15.1 Å². The summed E-state index contributed by atoms with van der Waals surface area (Å²) in [6.07, 6.45) is 1.69. The van der Waals surface area contributed by atoms with Crippen LogP contribution in [0.1, 0.15) is 29.9 Å². The minimum atomic E-state index is -0.0462. The summed E-state index contributed by atoms with van der Waals surface area (Å²) in [5, 5.41) is 3.34. The summed E-state index contributed by atoms with van der Waals surface area (Å²) < 4.78 is 0. The van der Waals surface area contributed by atoms with Gasteiger partial charge in [-0.05, 0) is 45.6 Å². The van der Waals surface area contributed by atoms with E-state index in [0.717, 1.165) is 24.3 Å². The smallest absolute Gasteiger partial charge is 0.273 e. The van der Waals surface area contributed by atoms with Crippen molar-refractivity contribution in [3.8, 4) is 0 Å². The molecule has 5 heteroatoms. The number of hydrogen-bond acceptors (Lipinski definition) is 4. The summed E-state index contributed by atoms with van der Waals surface area (Å²) in [7, 11) is 4.07. The molecule has 0 saturated heterocycles. The standard InChI is InChI=1S/C20H28N4O/c1-16(2)24(15-17-8-6-5-7-9-17)20(25)19-14-18(10-11-22-19)21-12-13-23(3)4/h5-11,14,16H,12-13,15H2,1-4H3,(H,21,22). The largest absolute Gasteiger partial charge is 0.384 e. The van der Waals surface area contributed by atoms with E-state index in [4.69, 9.17) is 0 Å². The van der Waals surface area contributed by atoms with Crippen LogP contribution in [0.2, 0.25) is 0 Å². The monoisotopic (exact) mass is 340 g/mol. The molecule has 0 unspecified atom stereocenters. The van der Waals surface area contributed by atoms with E-state index < -0.39 is 0 Å². The third-order valence-electron chi connectivity index (χ3n) is 3.95. The molecule has 1 aromatic carbocycles. The molecule has 1 heterocycles. The zero-order valence-corrected chi connectivity index (χ0v) is 15.6. The first-order valence-electron chi connectivity index (χ1n) is 8.67. The van der Waals surface area contributed by atoms with Gasteiger partial charge in [-0.1, -0.05) is 30.3 Å². The Kier molecular flexibility index (Phi) is 6.95. The van der Waals surface area contributed by atoms with Gasteiger partial charge in [0.15, 0.2) is 0 Å². The number of nitrogens with one attached hydrogen (secondary N) is 1. The predicted molar refractivity (Wildman–Crippen MR) is 103 cm³/mol. The van der Waals surface area contributed by atoms with Crippen LogP contribution >= 0.6 is 0 Å². The number of hydrogen-bond donors (Lipinski definition) is 1. The van der Waals surface area contributed by atoms with E-state index in [0.29, 0.717) is 12.2 Å². The van der Waals surface area contributed by atoms with E-state index in [-0.39, 0.29) is 11.9 Å².